The van der Waals surface area contributed by atoms with Crippen molar-refractivity contribution in [2.24, 2.45) is 5.92 Å². The summed E-state index contributed by atoms with van der Waals surface area (Å²) < 4.78 is 0. The predicted octanol–water partition coefficient (Wildman–Crippen LogP) is 2.36. The number of carboxylic acids is 1. The van der Waals surface area contributed by atoms with Crippen LogP contribution in [0.4, 0.5) is 0 Å². The van der Waals surface area contributed by atoms with Gasteiger partial charge in [-0.05, 0) is 31.7 Å². The van der Waals surface area contributed by atoms with Crippen molar-refractivity contribution in [1.82, 2.24) is 4.90 Å². The molecule has 3 heteroatoms. The van der Waals surface area contributed by atoms with Gasteiger partial charge in [0.15, 0.2) is 0 Å². The number of hydrogen-bond donors (Lipinski definition) is 1. The molecule has 1 fully saturated rings. The van der Waals surface area contributed by atoms with Crippen LogP contribution < -0.4 is 0 Å². The standard InChI is InChI=1S/C12H23NO2/c1-4-6-12(11(14)15)7-5-8-13(12)9-10(2)3/h10H,4-9H2,1-3H3,(H,14,15). The maximum absolute atomic E-state index is 11.5. The molecule has 1 N–H and O–H groups in total. The molecule has 0 aliphatic carbocycles. The molecule has 0 aromatic rings. The molecule has 15 heavy (non-hydrogen) atoms. The van der Waals surface area contributed by atoms with E-state index in [1.807, 2.05) is 0 Å². The van der Waals surface area contributed by atoms with Crippen LogP contribution in [0.1, 0.15) is 46.5 Å². The van der Waals surface area contributed by atoms with E-state index >= 15 is 0 Å². The van der Waals surface area contributed by atoms with Crippen molar-refractivity contribution in [3.8, 4) is 0 Å². The van der Waals surface area contributed by atoms with Crippen LogP contribution in [0.2, 0.25) is 0 Å². The molecule has 0 radical (unpaired) electrons. The molecule has 1 unspecified atom stereocenters. The Morgan fingerprint density at radius 3 is 2.67 bits per heavy atom. The fourth-order valence-electron chi connectivity index (χ4n) is 2.69. The fourth-order valence-corrected chi connectivity index (χ4v) is 2.69. The van der Waals surface area contributed by atoms with Gasteiger partial charge in [0.2, 0.25) is 0 Å². The van der Waals surface area contributed by atoms with E-state index in [1.54, 1.807) is 0 Å². The Morgan fingerprint density at radius 2 is 2.20 bits per heavy atom. The van der Waals surface area contributed by atoms with E-state index in [9.17, 15) is 9.90 Å². The number of aliphatic carboxylic acids is 1. The second-order valence-electron chi connectivity index (χ2n) is 5.03. The molecule has 0 aromatic carbocycles. The molecular formula is C12H23NO2. The second kappa shape index (κ2) is 4.97. The van der Waals surface area contributed by atoms with E-state index < -0.39 is 11.5 Å². The summed E-state index contributed by atoms with van der Waals surface area (Å²) in [6.45, 7) is 8.22. The zero-order chi connectivity index (χ0) is 11.5. The van der Waals surface area contributed by atoms with Crippen LogP contribution in [0.3, 0.4) is 0 Å². The molecule has 0 spiro atoms. The molecular weight excluding hydrogens is 190 g/mol. The van der Waals surface area contributed by atoms with Gasteiger partial charge in [0.05, 0.1) is 0 Å². The summed E-state index contributed by atoms with van der Waals surface area (Å²) in [5, 5.41) is 9.44. The zero-order valence-electron chi connectivity index (χ0n) is 10.1. The average Bonchev–Trinajstić information content (AvgIpc) is 2.49. The van der Waals surface area contributed by atoms with Crippen LogP contribution in [-0.2, 0) is 4.79 Å². The summed E-state index contributed by atoms with van der Waals surface area (Å²) in [4.78, 5) is 13.6. The Balaban J connectivity index is 2.79. The number of likely N-dealkylation sites (tertiary alicyclic amines) is 1. The molecule has 3 nitrogen and oxygen atoms in total. The maximum Gasteiger partial charge on any atom is 0.324 e. The van der Waals surface area contributed by atoms with Gasteiger partial charge in [-0.15, -0.1) is 0 Å². The Kier molecular flexibility index (Phi) is 4.14. The first-order chi connectivity index (χ1) is 7.03. The molecule has 0 aromatic heterocycles. The van der Waals surface area contributed by atoms with Crippen molar-refractivity contribution in [2.45, 2.75) is 52.0 Å². The van der Waals surface area contributed by atoms with E-state index in [0.717, 1.165) is 38.8 Å². The number of rotatable bonds is 5. The largest absolute Gasteiger partial charge is 0.480 e. The smallest absolute Gasteiger partial charge is 0.324 e. The minimum absolute atomic E-state index is 0.540. The molecule has 0 amide bonds. The quantitative estimate of drug-likeness (QED) is 0.762. The molecule has 1 aliphatic rings. The number of carboxylic acid groups (broad SMARTS) is 1. The van der Waals surface area contributed by atoms with E-state index in [-0.39, 0.29) is 0 Å². The molecule has 1 heterocycles. The van der Waals surface area contributed by atoms with E-state index in [2.05, 4.69) is 25.7 Å². The third kappa shape index (κ3) is 2.51. The SMILES string of the molecule is CCCC1(C(=O)O)CCCN1CC(C)C. The molecule has 0 saturated carbocycles. The Labute approximate surface area is 92.5 Å². The molecule has 0 bridgehead atoms. The number of carbonyl (C=O) groups is 1. The Hall–Kier alpha value is -0.570. The van der Waals surface area contributed by atoms with Crippen LogP contribution in [0.25, 0.3) is 0 Å². The van der Waals surface area contributed by atoms with Gasteiger partial charge in [-0.3, -0.25) is 9.69 Å². The van der Waals surface area contributed by atoms with Crippen LogP contribution in [0, 0.1) is 5.92 Å². The summed E-state index contributed by atoms with van der Waals surface area (Å²) in [6, 6.07) is 0. The van der Waals surface area contributed by atoms with Gasteiger partial charge in [-0.1, -0.05) is 27.2 Å². The average molecular weight is 213 g/mol. The van der Waals surface area contributed by atoms with Gasteiger partial charge in [0.1, 0.15) is 5.54 Å². The molecule has 1 atom stereocenters. The first-order valence-electron chi connectivity index (χ1n) is 6.01. The van der Waals surface area contributed by atoms with Crippen molar-refractivity contribution < 1.29 is 9.90 Å². The van der Waals surface area contributed by atoms with Crippen molar-refractivity contribution >= 4 is 5.97 Å². The minimum atomic E-state index is -0.623. The van der Waals surface area contributed by atoms with Crippen molar-refractivity contribution in [2.75, 3.05) is 13.1 Å². The van der Waals surface area contributed by atoms with Gasteiger partial charge in [-0.25, -0.2) is 0 Å². The lowest BCUT2D eigenvalue weighted by molar-refractivity contribution is -0.150. The van der Waals surface area contributed by atoms with Crippen molar-refractivity contribution in [1.29, 1.82) is 0 Å². The van der Waals surface area contributed by atoms with Crippen molar-refractivity contribution in [3.63, 3.8) is 0 Å². The normalized spacial score (nSPS) is 27.5. The first-order valence-corrected chi connectivity index (χ1v) is 6.01. The monoisotopic (exact) mass is 213 g/mol. The highest BCUT2D eigenvalue weighted by molar-refractivity contribution is 5.79. The van der Waals surface area contributed by atoms with E-state index in [4.69, 9.17) is 0 Å². The van der Waals surface area contributed by atoms with Gasteiger partial charge in [0, 0.05) is 6.54 Å². The van der Waals surface area contributed by atoms with Crippen LogP contribution in [-0.4, -0.2) is 34.6 Å². The lowest BCUT2D eigenvalue weighted by atomic mass is 9.90. The van der Waals surface area contributed by atoms with Crippen molar-refractivity contribution in [3.05, 3.63) is 0 Å². The highest BCUT2D eigenvalue weighted by Gasteiger charge is 2.46. The summed E-state index contributed by atoms with van der Waals surface area (Å²) >= 11 is 0. The molecule has 1 rings (SSSR count). The van der Waals surface area contributed by atoms with Crippen LogP contribution in [0.15, 0.2) is 0 Å². The fraction of sp³-hybridized carbons (Fsp3) is 0.917. The lowest BCUT2D eigenvalue weighted by Crippen LogP contribution is -2.51. The third-order valence-corrected chi connectivity index (χ3v) is 3.27. The van der Waals surface area contributed by atoms with E-state index in [0.29, 0.717) is 5.92 Å². The van der Waals surface area contributed by atoms with E-state index in [1.165, 1.54) is 0 Å². The maximum atomic E-state index is 11.5. The zero-order valence-corrected chi connectivity index (χ0v) is 10.1. The van der Waals surface area contributed by atoms with Gasteiger partial charge >= 0.3 is 5.97 Å². The van der Waals surface area contributed by atoms with Crippen LogP contribution >= 0.6 is 0 Å². The molecule has 88 valence electrons. The highest BCUT2D eigenvalue weighted by Crippen LogP contribution is 2.34. The third-order valence-electron chi connectivity index (χ3n) is 3.27. The lowest BCUT2D eigenvalue weighted by Gasteiger charge is -2.35. The van der Waals surface area contributed by atoms with Crippen LogP contribution in [0.5, 0.6) is 0 Å². The van der Waals surface area contributed by atoms with Gasteiger partial charge in [-0.2, -0.15) is 0 Å². The summed E-state index contributed by atoms with van der Waals surface area (Å²) in [7, 11) is 0. The van der Waals surface area contributed by atoms with Gasteiger partial charge < -0.3 is 5.11 Å². The highest BCUT2D eigenvalue weighted by atomic mass is 16.4. The predicted molar refractivity (Wildman–Crippen MR) is 60.9 cm³/mol. The number of hydrogen-bond acceptors (Lipinski definition) is 2. The Bertz CT molecular complexity index is 228. The summed E-state index contributed by atoms with van der Waals surface area (Å²) in [5.41, 5.74) is -0.557. The molecule has 1 aliphatic heterocycles. The Morgan fingerprint density at radius 1 is 1.53 bits per heavy atom. The minimum Gasteiger partial charge on any atom is -0.480 e. The first kappa shape index (κ1) is 12.5. The topological polar surface area (TPSA) is 40.5 Å². The summed E-state index contributed by atoms with van der Waals surface area (Å²) in [5.74, 6) is -0.0822. The molecule has 1 saturated heterocycles. The second-order valence-corrected chi connectivity index (χ2v) is 5.03. The summed E-state index contributed by atoms with van der Waals surface area (Å²) in [6.07, 6.45) is 3.58. The number of nitrogens with zero attached hydrogens (tertiary/aromatic N) is 1. The van der Waals surface area contributed by atoms with Gasteiger partial charge in [0.25, 0.3) is 0 Å².